The molecule has 0 aromatic rings. The quantitative estimate of drug-likeness (QED) is 0.820. The molecule has 104 valence electrons. The van der Waals surface area contributed by atoms with Crippen molar-refractivity contribution in [2.45, 2.75) is 63.1 Å². The van der Waals surface area contributed by atoms with Crippen molar-refractivity contribution in [1.82, 2.24) is 5.32 Å². The second-order valence-corrected chi connectivity index (χ2v) is 6.41. The zero-order valence-corrected chi connectivity index (χ0v) is 11.5. The Morgan fingerprint density at radius 3 is 2.83 bits per heavy atom. The fourth-order valence-corrected chi connectivity index (χ4v) is 3.92. The molecule has 2 unspecified atom stereocenters. The van der Waals surface area contributed by atoms with E-state index in [0.29, 0.717) is 6.10 Å². The van der Waals surface area contributed by atoms with Gasteiger partial charge in [0.05, 0.1) is 11.7 Å². The summed E-state index contributed by atoms with van der Waals surface area (Å²) in [5, 5.41) is 3.62. The molecule has 0 amide bonds. The number of rotatable bonds is 2. The summed E-state index contributed by atoms with van der Waals surface area (Å²) in [6.07, 6.45) is 10.8. The van der Waals surface area contributed by atoms with E-state index in [4.69, 9.17) is 9.47 Å². The van der Waals surface area contributed by atoms with Gasteiger partial charge in [0.15, 0.2) is 0 Å². The molecule has 0 aromatic carbocycles. The lowest BCUT2D eigenvalue weighted by Crippen LogP contribution is -2.54. The molecule has 2 heterocycles. The van der Waals surface area contributed by atoms with Gasteiger partial charge in [0.1, 0.15) is 0 Å². The van der Waals surface area contributed by atoms with Crippen molar-refractivity contribution < 1.29 is 9.47 Å². The van der Waals surface area contributed by atoms with Crippen LogP contribution in [0.1, 0.15) is 51.4 Å². The summed E-state index contributed by atoms with van der Waals surface area (Å²) in [7, 11) is 0. The number of morpholine rings is 1. The van der Waals surface area contributed by atoms with E-state index in [9.17, 15) is 0 Å². The monoisotopic (exact) mass is 253 g/mol. The molecule has 1 spiro atoms. The molecule has 1 aliphatic carbocycles. The van der Waals surface area contributed by atoms with Crippen LogP contribution in [0.25, 0.3) is 0 Å². The van der Waals surface area contributed by atoms with E-state index >= 15 is 0 Å². The molecule has 3 fully saturated rings. The topological polar surface area (TPSA) is 30.5 Å². The molecule has 3 rings (SSSR count). The van der Waals surface area contributed by atoms with Gasteiger partial charge in [0, 0.05) is 32.7 Å². The van der Waals surface area contributed by atoms with Gasteiger partial charge in [-0.05, 0) is 25.2 Å². The van der Waals surface area contributed by atoms with Gasteiger partial charge in [-0.1, -0.05) is 25.7 Å². The summed E-state index contributed by atoms with van der Waals surface area (Å²) in [6, 6.07) is 0. The van der Waals surface area contributed by atoms with Crippen LogP contribution in [0.4, 0.5) is 0 Å². The van der Waals surface area contributed by atoms with Crippen LogP contribution in [-0.2, 0) is 9.47 Å². The van der Waals surface area contributed by atoms with Crippen LogP contribution in [0.3, 0.4) is 0 Å². The maximum absolute atomic E-state index is 6.51. The Kier molecular flexibility index (Phi) is 4.22. The van der Waals surface area contributed by atoms with Gasteiger partial charge in [0.2, 0.25) is 0 Å². The van der Waals surface area contributed by atoms with E-state index < -0.39 is 0 Å². The first kappa shape index (κ1) is 12.9. The van der Waals surface area contributed by atoms with E-state index in [2.05, 4.69) is 5.32 Å². The predicted octanol–water partition coefficient (Wildman–Crippen LogP) is 2.49. The summed E-state index contributed by atoms with van der Waals surface area (Å²) >= 11 is 0. The molecule has 2 saturated heterocycles. The third-order valence-corrected chi connectivity index (χ3v) is 4.93. The highest BCUT2D eigenvalue weighted by Gasteiger charge is 2.38. The van der Waals surface area contributed by atoms with Crippen LogP contribution in [0, 0.1) is 5.92 Å². The molecule has 3 heteroatoms. The van der Waals surface area contributed by atoms with Gasteiger partial charge < -0.3 is 14.8 Å². The van der Waals surface area contributed by atoms with Crippen LogP contribution in [0.15, 0.2) is 0 Å². The first-order valence-electron chi connectivity index (χ1n) is 7.83. The average Bonchev–Trinajstić information content (AvgIpc) is 2.78. The largest absolute Gasteiger partial charge is 0.381 e. The maximum Gasteiger partial charge on any atom is 0.0833 e. The normalized spacial score (nSPS) is 39.0. The Bertz CT molecular complexity index is 255. The second-order valence-electron chi connectivity index (χ2n) is 6.41. The molecular formula is C15H27NO2. The first-order valence-corrected chi connectivity index (χ1v) is 7.83. The van der Waals surface area contributed by atoms with E-state index in [-0.39, 0.29) is 5.60 Å². The molecule has 0 radical (unpaired) electrons. The number of hydrogen-bond acceptors (Lipinski definition) is 3. The van der Waals surface area contributed by atoms with Crippen LogP contribution >= 0.6 is 0 Å². The van der Waals surface area contributed by atoms with Crippen molar-refractivity contribution in [3.8, 4) is 0 Å². The number of ether oxygens (including phenoxy) is 2. The molecule has 3 nitrogen and oxygen atoms in total. The fourth-order valence-electron chi connectivity index (χ4n) is 3.92. The SMILES string of the molecule is C1CCC(CC2CNCC3(CCCOCC3)O2)C1. The third-order valence-electron chi connectivity index (χ3n) is 4.93. The molecule has 2 aliphatic heterocycles. The Morgan fingerprint density at radius 1 is 1.06 bits per heavy atom. The fraction of sp³-hybridized carbons (Fsp3) is 1.00. The molecular weight excluding hydrogens is 226 g/mol. The summed E-state index contributed by atoms with van der Waals surface area (Å²) in [5.74, 6) is 0.925. The van der Waals surface area contributed by atoms with Crippen LogP contribution in [-0.4, -0.2) is 38.0 Å². The van der Waals surface area contributed by atoms with Gasteiger partial charge in [-0.15, -0.1) is 0 Å². The van der Waals surface area contributed by atoms with E-state index in [0.717, 1.165) is 45.1 Å². The van der Waals surface area contributed by atoms with Crippen LogP contribution in [0.5, 0.6) is 0 Å². The Labute approximate surface area is 111 Å². The minimum atomic E-state index is 0.0814. The predicted molar refractivity (Wildman–Crippen MR) is 71.7 cm³/mol. The Morgan fingerprint density at radius 2 is 1.94 bits per heavy atom. The minimum Gasteiger partial charge on any atom is -0.381 e. The van der Waals surface area contributed by atoms with E-state index in [1.807, 2.05) is 0 Å². The van der Waals surface area contributed by atoms with Gasteiger partial charge >= 0.3 is 0 Å². The Balaban J connectivity index is 1.56. The molecule has 18 heavy (non-hydrogen) atoms. The van der Waals surface area contributed by atoms with Crippen molar-refractivity contribution in [2.75, 3.05) is 26.3 Å². The highest BCUT2D eigenvalue weighted by atomic mass is 16.5. The second kappa shape index (κ2) is 5.89. The number of hydrogen-bond donors (Lipinski definition) is 1. The molecule has 0 bridgehead atoms. The maximum atomic E-state index is 6.51. The van der Waals surface area contributed by atoms with Gasteiger partial charge in [-0.3, -0.25) is 0 Å². The van der Waals surface area contributed by atoms with Gasteiger partial charge in [0.25, 0.3) is 0 Å². The highest BCUT2D eigenvalue weighted by molar-refractivity contribution is 4.91. The molecule has 0 aromatic heterocycles. The smallest absolute Gasteiger partial charge is 0.0833 e. The zero-order valence-electron chi connectivity index (χ0n) is 11.5. The summed E-state index contributed by atoms with van der Waals surface area (Å²) in [5.41, 5.74) is 0.0814. The third kappa shape index (κ3) is 3.06. The molecule has 1 saturated carbocycles. The summed E-state index contributed by atoms with van der Waals surface area (Å²) < 4.78 is 12.1. The van der Waals surface area contributed by atoms with Crippen molar-refractivity contribution in [1.29, 1.82) is 0 Å². The van der Waals surface area contributed by atoms with Crippen molar-refractivity contribution >= 4 is 0 Å². The number of nitrogens with one attached hydrogen (secondary N) is 1. The van der Waals surface area contributed by atoms with Crippen molar-refractivity contribution in [2.24, 2.45) is 5.92 Å². The lowest BCUT2D eigenvalue weighted by Gasteiger charge is -2.42. The average molecular weight is 253 g/mol. The van der Waals surface area contributed by atoms with E-state index in [1.54, 1.807) is 0 Å². The van der Waals surface area contributed by atoms with Gasteiger partial charge in [-0.2, -0.15) is 0 Å². The van der Waals surface area contributed by atoms with Crippen LogP contribution < -0.4 is 5.32 Å². The minimum absolute atomic E-state index is 0.0814. The Hall–Kier alpha value is -0.120. The van der Waals surface area contributed by atoms with E-state index in [1.165, 1.54) is 38.5 Å². The van der Waals surface area contributed by atoms with Gasteiger partial charge in [-0.25, -0.2) is 0 Å². The van der Waals surface area contributed by atoms with Crippen molar-refractivity contribution in [3.63, 3.8) is 0 Å². The molecule has 2 atom stereocenters. The highest BCUT2D eigenvalue weighted by Crippen LogP contribution is 2.34. The lowest BCUT2D eigenvalue weighted by molar-refractivity contribution is -0.130. The summed E-state index contributed by atoms with van der Waals surface area (Å²) in [4.78, 5) is 0. The standard InChI is InChI=1S/C15H27NO2/c1-2-5-13(4-1)10-14-11-16-12-15(18-14)6-3-8-17-9-7-15/h13-14,16H,1-12H2. The summed E-state index contributed by atoms with van der Waals surface area (Å²) in [6.45, 7) is 3.87. The molecule has 3 aliphatic rings. The lowest BCUT2D eigenvalue weighted by atomic mass is 9.90. The first-order chi connectivity index (χ1) is 8.86. The van der Waals surface area contributed by atoms with Crippen molar-refractivity contribution in [3.05, 3.63) is 0 Å². The van der Waals surface area contributed by atoms with Crippen LogP contribution in [0.2, 0.25) is 0 Å². The zero-order chi connectivity index (χ0) is 12.3. The molecule has 1 N–H and O–H groups in total.